The number of anilines is 1. The summed E-state index contributed by atoms with van der Waals surface area (Å²) >= 11 is 30.3. The average Bonchev–Trinajstić information content (AvgIpc) is 3.46. The lowest BCUT2D eigenvalue weighted by atomic mass is 10.2. The molecule has 0 saturated carbocycles. The topological polar surface area (TPSA) is 69.3 Å². The number of hydrogen-bond acceptors (Lipinski definition) is 4. The van der Waals surface area contributed by atoms with Crippen molar-refractivity contribution in [1.82, 2.24) is 9.78 Å². The predicted molar refractivity (Wildman–Crippen MR) is 130 cm³/mol. The summed E-state index contributed by atoms with van der Waals surface area (Å²) in [6, 6.07) is 10.8. The van der Waals surface area contributed by atoms with Crippen molar-refractivity contribution >= 4 is 69.7 Å². The van der Waals surface area contributed by atoms with Crippen LogP contribution in [0.15, 0.2) is 53.1 Å². The molecule has 2 heterocycles. The summed E-state index contributed by atoms with van der Waals surface area (Å²) < 4.78 is 26.0. The molecule has 0 unspecified atom stereocenters. The molecule has 34 heavy (non-hydrogen) atoms. The Hall–Kier alpha value is -2.42. The molecule has 1 N–H and O–H groups in total. The molecular weight excluding hydrogens is 551 g/mol. The standard InChI is InChI=1S/C22H13Cl5FN3O3/c23-16-17(24)19(26)21(20(27)18(16)25)33-10-13-4-5-14(34-13)22(32)29-15-6-7-31(30-15)9-11-2-1-3-12(28)8-11/h1-8H,9-10H2,(H,29,30,32). The minimum Gasteiger partial charge on any atom is -0.482 e. The fourth-order valence-electron chi connectivity index (χ4n) is 2.95. The Morgan fingerprint density at radius 3 is 2.41 bits per heavy atom. The van der Waals surface area contributed by atoms with Crippen molar-refractivity contribution in [1.29, 1.82) is 0 Å². The highest BCUT2D eigenvalue weighted by atomic mass is 35.5. The number of amides is 1. The summed E-state index contributed by atoms with van der Waals surface area (Å²) in [5, 5.41) is 6.91. The number of halogens is 6. The Balaban J connectivity index is 1.38. The van der Waals surface area contributed by atoms with Gasteiger partial charge in [-0.25, -0.2) is 4.39 Å². The first-order valence-corrected chi connectivity index (χ1v) is 11.4. The second-order valence-electron chi connectivity index (χ2n) is 6.94. The zero-order chi connectivity index (χ0) is 24.4. The molecule has 1 amide bonds. The van der Waals surface area contributed by atoms with E-state index in [2.05, 4.69) is 10.4 Å². The maximum absolute atomic E-state index is 13.3. The fourth-order valence-corrected chi connectivity index (χ4v) is 4.18. The average molecular weight is 564 g/mol. The zero-order valence-corrected chi connectivity index (χ0v) is 20.7. The Bertz CT molecular complexity index is 1340. The van der Waals surface area contributed by atoms with Crippen molar-refractivity contribution in [2.24, 2.45) is 0 Å². The monoisotopic (exact) mass is 561 g/mol. The Labute approximate surface area is 218 Å². The van der Waals surface area contributed by atoms with Crippen LogP contribution in [0.1, 0.15) is 21.9 Å². The van der Waals surface area contributed by atoms with Crippen LogP contribution >= 0.6 is 58.0 Å². The summed E-state index contributed by atoms with van der Waals surface area (Å²) in [7, 11) is 0. The molecule has 0 atom stereocenters. The summed E-state index contributed by atoms with van der Waals surface area (Å²) in [4.78, 5) is 12.5. The Morgan fingerprint density at radius 2 is 1.71 bits per heavy atom. The van der Waals surface area contributed by atoms with Crippen LogP contribution in [0, 0.1) is 5.82 Å². The van der Waals surface area contributed by atoms with E-state index < -0.39 is 5.91 Å². The van der Waals surface area contributed by atoms with Gasteiger partial charge in [0.1, 0.15) is 28.2 Å². The number of carbonyl (C=O) groups is 1. The molecule has 2 aromatic carbocycles. The van der Waals surface area contributed by atoms with Crippen molar-refractivity contribution in [2.45, 2.75) is 13.2 Å². The van der Waals surface area contributed by atoms with Crippen LogP contribution < -0.4 is 10.1 Å². The van der Waals surface area contributed by atoms with E-state index in [1.807, 2.05) is 0 Å². The summed E-state index contributed by atoms with van der Waals surface area (Å²) in [5.41, 5.74) is 0.736. The first-order chi connectivity index (χ1) is 16.2. The van der Waals surface area contributed by atoms with Crippen LogP contribution in [0.4, 0.5) is 10.2 Å². The lowest BCUT2D eigenvalue weighted by Gasteiger charge is -2.12. The molecule has 0 saturated heterocycles. The van der Waals surface area contributed by atoms with Gasteiger partial charge in [0.2, 0.25) is 0 Å². The first kappa shape index (κ1) is 24.7. The van der Waals surface area contributed by atoms with Gasteiger partial charge < -0.3 is 14.5 Å². The maximum Gasteiger partial charge on any atom is 0.292 e. The van der Waals surface area contributed by atoms with Crippen molar-refractivity contribution < 1.29 is 18.3 Å². The van der Waals surface area contributed by atoms with Crippen LogP contribution in [-0.2, 0) is 13.2 Å². The maximum atomic E-state index is 13.3. The quantitative estimate of drug-likeness (QED) is 0.184. The lowest BCUT2D eigenvalue weighted by Crippen LogP contribution is -2.12. The molecular formula is C22H13Cl5FN3O3. The van der Waals surface area contributed by atoms with Gasteiger partial charge in [-0.3, -0.25) is 9.48 Å². The molecule has 0 radical (unpaired) electrons. The number of furan rings is 1. The van der Waals surface area contributed by atoms with Crippen molar-refractivity contribution in [2.75, 3.05) is 5.32 Å². The van der Waals surface area contributed by atoms with E-state index in [1.54, 1.807) is 35.1 Å². The SMILES string of the molecule is O=C(Nc1ccn(Cc2cccc(F)c2)n1)c1ccc(COc2c(Cl)c(Cl)c(Cl)c(Cl)c2Cl)o1. The minimum atomic E-state index is -0.518. The predicted octanol–water partition coefficient (Wildman–Crippen LogP) is 7.76. The number of benzene rings is 2. The Morgan fingerprint density at radius 1 is 1.00 bits per heavy atom. The minimum absolute atomic E-state index is 0.000540. The molecule has 0 bridgehead atoms. The summed E-state index contributed by atoms with van der Waals surface area (Å²) in [6.07, 6.45) is 1.66. The van der Waals surface area contributed by atoms with E-state index >= 15 is 0 Å². The molecule has 12 heteroatoms. The Kier molecular flexibility index (Phi) is 7.60. The van der Waals surface area contributed by atoms with Crippen molar-refractivity contribution in [3.05, 3.63) is 96.7 Å². The number of aromatic nitrogens is 2. The first-order valence-electron chi connectivity index (χ1n) is 9.55. The number of hydrogen-bond donors (Lipinski definition) is 1. The molecule has 0 aliphatic carbocycles. The molecule has 4 rings (SSSR count). The highest BCUT2D eigenvalue weighted by molar-refractivity contribution is 6.55. The molecule has 0 aliphatic rings. The third-order valence-corrected chi connectivity index (χ3v) is 6.77. The second-order valence-corrected chi connectivity index (χ2v) is 8.83. The molecule has 4 aromatic rings. The van der Waals surface area contributed by atoms with Gasteiger partial charge in [-0.05, 0) is 29.8 Å². The molecule has 2 aromatic heterocycles. The third kappa shape index (κ3) is 5.45. The van der Waals surface area contributed by atoms with Crippen LogP contribution in [0.2, 0.25) is 25.1 Å². The van der Waals surface area contributed by atoms with Gasteiger partial charge in [0, 0.05) is 12.3 Å². The largest absolute Gasteiger partial charge is 0.482 e. The molecule has 0 fully saturated rings. The van der Waals surface area contributed by atoms with Gasteiger partial charge in [-0.2, -0.15) is 5.10 Å². The van der Waals surface area contributed by atoms with E-state index in [9.17, 15) is 9.18 Å². The van der Waals surface area contributed by atoms with Gasteiger partial charge in [-0.15, -0.1) is 0 Å². The van der Waals surface area contributed by atoms with Crippen LogP contribution in [-0.4, -0.2) is 15.7 Å². The lowest BCUT2D eigenvalue weighted by molar-refractivity contribution is 0.0992. The molecule has 176 valence electrons. The van der Waals surface area contributed by atoms with Crippen LogP contribution in [0.5, 0.6) is 5.75 Å². The summed E-state index contributed by atoms with van der Waals surface area (Å²) in [5.74, 6) is -0.161. The van der Waals surface area contributed by atoms with E-state index in [0.717, 1.165) is 5.56 Å². The van der Waals surface area contributed by atoms with E-state index in [4.69, 9.17) is 67.2 Å². The number of nitrogens with zero attached hydrogens (tertiary/aromatic N) is 2. The molecule has 0 aliphatic heterocycles. The highest BCUT2D eigenvalue weighted by Gasteiger charge is 2.21. The van der Waals surface area contributed by atoms with E-state index in [1.165, 1.54) is 18.2 Å². The smallest absolute Gasteiger partial charge is 0.292 e. The van der Waals surface area contributed by atoms with E-state index in [0.29, 0.717) is 18.1 Å². The van der Waals surface area contributed by atoms with Gasteiger partial charge in [0.25, 0.3) is 5.91 Å². The third-order valence-electron chi connectivity index (χ3n) is 4.53. The van der Waals surface area contributed by atoms with E-state index in [-0.39, 0.29) is 49.0 Å². The number of ether oxygens (including phenoxy) is 1. The second kappa shape index (κ2) is 10.5. The van der Waals surface area contributed by atoms with Crippen LogP contribution in [0.3, 0.4) is 0 Å². The molecule has 0 spiro atoms. The van der Waals surface area contributed by atoms with Crippen molar-refractivity contribution in [3.63, 3.8) is 0 Å². The number of nitrogens with one attached hydrogen (secondary N) is 1. The van der Waals surface area contributed by atoms with Gasteiger partial charge in [-0.1, -0.05) is 70.1 Å². The van der Waals surface area contributed by atoms with Gasteiger partial charge in [0.05, 0.1) is 21.6 Å². The van der Waals surface area contributed by atoms with Crippen LogP contribution in [0.25, 0.3) is 0 Å². The van der Waals surface area contributed by atoms with Gasteiger partial charge in [0.15, 0.2) is 17.3 Å². The highest BCUT2D eigenvalue weighted by Crippen LogP contribution is 2.48. The van der Waals surface area contributed by atoms with Gasteiger partial charge >= 0.3 is 0 Å². The summed E-state index contributed by atoms with van der Waals surface area (Å²) in [6.45, 7) is 0.239. The normalized spacial score (nSPS) is 11.0. The molecule has 6 nitrogen and oxygen atoms in total. The van der Waals surface area contributed by atoms with Crippen molar-refractivity contribution in [3.8, 4) is 5.75 Å². The zero-order valence-electron chi connectivity index (χ0n) is 16.9. The number of rotatable bonds is 7. The number of carbonyl (C=O) groups excluding carboxylic acids is 1. The fraction of sp³-hybridized carbons (Fsp3) is 0.0909.